The van der Waals surface area contributed by atoms with E-state index in [-0.39, 0.29) is 75.3 Å². The molecule has 0 N–H and O–H groups in total. The zero-order chi connectivity index (χ0) is 75.9. The average molecular weight is 1530 g/mol. The third kappa shape index (κ3) is 58.9. The number of ether oxygens (including phenoxy) is 4. The van der Waals surface area contributed by atoms with Crippen LogP contribution in [0, 0.1) is 0 Å². The van der Waals surface area contributed by atoms with E-state index in [2.05, 4.69) is 76.3 Å². The van der Waals surface area contributed by atoms with Crippen LogP contribution in [-0.2, 0) is 39.2 Å². The van der Waals surface area contributed by atoms with Crippen molar-refractivity contribution in [2.24, 2.45) is 0 Å². The number of allylic oxidation sites excluding steroid dienone is 8. The maximum absolute atomic E-state index is 13.0. The minimum Gasteiger partial charge on any atom is -0.744 e. The number of carbonyl (C=O) groups excluding carboxylic acids is 4. The Balaban J connectivity index is 0.00000204. The quantitative estimate of drug-likeness (QED) is 0.0150. The Morgan fingerprint density at radius 2 is 0.438 bits per heavy atom. The van der Waals surface area contributed by atoms with Gasteiger partial charge in [-0.3, -0.25) is 0 Å². The first-order chi connectivity index (χ1) is 50.6. The molecule has 0 aromatic heterocycles. The molecule has 14 nitrogen and oxygen atoms in total. The van der Waals surface area contributed by atoms with E-state index < -0.39 is 65.0 Å². The molecule has 0 aliphatic heterocycles. The molecule has 0 heterocycles. The molecule has 0 radical (unpaired) electrons. The van der Waals surface area contributed by atoms with E-state index in [0.717, 1.165) is 89.2 Å². The van der Waals surface area contributed by atoms with E-state index >= 15 is 0 Å². The van der Waals surface area contributed by atoms with Crippen molar-refractivity contribution in [1.29, 1.82) is 0 Å². The van der Waals surface area contributed by atoms with Crippen molar-refractivity contribution in [2.75, 3.05) is 26.4 Å². The van der Waals surface area contributed by atoms with Crippen LogP contribution in [0.15, 0.2) is 94.8 Å². The Labute approximate surface area is 671 Å². The number of benzene rings is 2. The molecule has 0 aliphatic carbocycles. The molecule has 596 valence electrons. The fraction of sp³-hybridized carbons (Fsp3) is 0.727. The van der Waals surface area contributed by atoms with Crippen molar-refractivity contribution in [3.8, 4) is 0 Å². The third-order valence-corrected chi connectivity index (χ3v) is 20.8. The van der Waals surface area contributed by atoms with E-state index in [9.17, 15) is 45.1 Å². The molecule has 2 rings (SSSR count). The van der Waals surface area contributed by atoms with Gasteiger partial charge in [0, 0.05) is 0 Å². The summed E-state index contributed by atoms with van der Waals surface area (Å²) >= 11 is 0. The summed E-state index contributed by atoms with van der Waals surface area (Å²) in [6, 6.07) is 7.24. The fourth-order valence-electron chi connectivity index (χ4n) is 12.5. The van der Waals surface area contributed by atoms with Gasteiger partial charge in [0.15, 0.2) is 0 Å². The Morgan fingerprint density at radius 3 is 0.629 bits per heavy atom. The number of unbranched alkanes of at least 4 members (excludes halogenated alkanes) is 48. The van der Waals surface area contributed by atoms with Crippen molar-refractivity contribution in [2.45, 2.75) is 397 Å². The first-order valence-electron chi connectivity index (χ1n) is 42.1. The molecule has 2 aromatic carbocycles. The van der Waals surface area contributed by atoms with Gasteiger partial charge in [0.1, 0.15) is 20.2 Å². The van der Waals surface area contributed by atoms with Gasteiger partial charge in [-0.25, -0.2) is 36.0 Å². The molecule has 0 bridgehead atoms. The van der Waals surface area contributed by atoms with Crippen molar-refractivity contribution >= 4 is 81.9 Å². The van der Waals surface area contributed by atoms with Crippen LogP contribution in [0.3, 0.4) is 0 Å². The van der Waals surface area contributed by atoms with Crippen LogP contribution in [0.2, 0.25) is 0 Å². The molecule has 0 aliphatic rings. The molecule has 0 amide bonds. The normalized spacial score (nSPS) is 11.8. The minimum absolute atomic E-state index is 0. The second-order valence-electron chi connectivity index (χ2n) is 28.6. The molecule has 0 unspecified atom stereocenters. The van der Waals surface area contributed by atoms with E-state index in [0.29, 0.717) is 25.7 Å². The topological polar surface area (TPSA) is 220 Å². The van der Waals surface area contributed by atoms with E-state index in [1.807, 2.05) is 0 Å². The van der Waals surface area contributed by atoms with E-state index in [1.165, 1.54) is 281 Å². The predicted molar refractivity (Wildman–Crippen MR) is 434 cm³/mol. The molecular weight excluding hydrogens is 1390 g/mol. The predicted octanol–water partition coefficient (Wildman–Crippen LogP) is 25.6. The van der Waals surface area contributed by atoms with Crippen LogP contribution in [0.1, 0.15) is 429 Å². The van der Waals surface area contributed by atoms with E-state index in [4.69, 9.17) is 18.9 Å². The molecule has 17 heteroatoms. The Morgan fingerprint density at radius 1 is 0.267 bits per heavy atom. The standard InChI is InChI=1S/2C44H74O7S.Ca/c2*1-3-5-7-9-11-13-15-17-19-21-23-25-27-29-31-33-38-50-43(45)40-36-35-37-41(52(47,48)49)42(40)44(46)51-39-34-32-30-28-26-24-22-20-18-16-14-12-10-8-6-4-2;/h2*9-12,35-37H,3-8,13-34,38-39H2,1-2H3,(H,47,48,49);/q;;+2/p-2/b2*11-9+,12-10+;. The van der Waals surface area contributed by atoms with Gasteiger partial charge in [0.25, 0.3) is 0 Å². The van der Waals surface area contributed by atoms with Crippen molar-refractivity contribution in [1.82, 2.24) is 0 Å². The second kappa shape index (κ2) is 73.2. The number of esters is 4. The Hall–Kier alpha value is -3.64. The van der Waals surface area contributed by atoms with Gasteiger partial charge < -0.3 is 28.1 Å². The summed E-state index contributed by atoms with van der Waals surface area (Å²) in [7, 11) is -10.0. The number of hydrogen-bond donors (Lipinski definition) is 0. The molecule has 2 aromatic rings. The second-order valence-corrected chi connectivity index (χ2v) is 31.3. The Bertz CT molecular complexity index is 2610. The number of carbonyl (C=O) groups is 4. The minimum atomic E-state index is -5.01. The van der Waals surface area contributed by atoms with Crippen LogP contribution in [0.5, 0.6) is 0 Å². The fourth-order valence-corrected chi connectivity index (χ4v) is 13.9. The summed E-state index contributed by atoms with van der Waals surface area (Å²) < 4.78 is 93.3. The average Bonchev–Trinajstić information content (AvgIpc) is 0.799. The summed E-state index contributed by atoms with van der Waals surface area (Å²) in [5.74, 6) is -3.63. The SMILES string of the molecule is CCCC/C=C/CCCCCCCCCCCCOC(=O)c1cccc(S(=O)(=O)[O-])c1C(=O)OCCCCCCCCCCCC/C=C/CCCC.CCCC/C=C/CCCCCCCCCCCCOC(=O)c1cccc(S(=O)(=O)[O-])c1C(=O)OCCCCCCCCCCCC/C=C/CCCC.[Ca+2]. The monoisotopic (exact) mass is 1530 g/mol. The van der Waals surface area contributed by atoms with Gasteiger partial charge in [-0.2, -0.15) is 0 Å². The maximum atomic E-state index is 13.0. The van der Waals surface area contributed by atoms with Gasteiger partial charge in [-0.1, -0.05) is 345 Å². The maximum Gasteiger partial charge on any atom is 2.00 e. The molecular formula is C88H146CaO14S2. The molecule has 0 atom stereocenters. The van der Waals surface area contributed by atoms with E-state index in [1.54, 1.807) is 0 Å². The van der Waals surface area contributed by atoms with Crippen molar-refractivity contribution < 1.29 is 64.1 Å². The first-order valence-corrected chi connectivity index (χ1v) is 44.9. The summed E-state index contributed by atoms with van der Waals surface area (Å²) in [5, 5.41) is 0. The summed E-state index contributed by atoms with van der Waals surface area (Å²) in [5.41, 5.74) is -1.56. The molecule has 0 fully saturated rings. The van der Waals surface area contributed by atoms with Crippen LogP contribution in [0.25, 0.3) is 0 Å². The zero-order valence-electron chi connectivity index (χ0n) is 66.7. The van der Waals surface area contributed by atoms with Crippen LogP contribution >= 0.6 is 0 Å². The summed E-state index contributed by atoms with van der Waals surface area (Å²) in [4.78, 5) is 50.3. The van der Waals surface area contributed by atoms with Gasteiger partial charge in [0.05, 0.1) is 58.5 Å². The molecule has 0 saturated carbocycles. The smallest absolute Gasteiger partial charge is 0.744 e. The largest absolute Gasteiger partial charge is 2.00 e. The first kappa shape index (κ1) is 101. The van der Waals surface area contributed by atoms with Crippen molar-refractivity contribution in [3.63, 3.8) is 0 Å². The molecule has 0 saturated heterocycles. The number of hydrogen-bond acceptors (Lipinski definition) is 14. The van der Waals surface area contributed by atoms with Crippen molar-refractivity contribution in [3.05, 3.63) is 107 Å². The zero-order valence-corrected chi connectivity index (χ0v) is 70.6. The van der Waals surface area contributed by atoms with Gasteiger partial charge in [-0.05, 0) is 127 Å². The Kier molecular flexibility index (Phi) is 70.6. The number of rotatable bonds is 70. The van der Waals surface area contributed by atoms with Crippen LogP contribution in [0.4, 0.5) is 0 Å². The van der Waals surface area contributed by atoms with Gasteiger partial charge in [0.2, 0.25) is 0 Å². The molecule has 105 heavy (non-hydrogen) atoms. The summed E-state index contributed by atoms with van der Waals surface area (Å²) in [6.07, 6.45) is 83.5. The van der Waals surface area contributed by atoms with Gasteiger partial charge >= 0.3 is 61.6 Å². The summed E-state index contributed by atoms with van der Waals surface area (Å²) in [6.45, 7) is 9.38. The molecule has 0 spiro atoms. The van der Waals surface area contributed by atoms with Gasteiger partial charge in [-0.15, -0.1) is 0 Å². The van der Waals surface area contributed by atoms with Crippen LogP contribution < -0.4 is 0 Å². The third-order valence-electron chi connectivity index (χ3n) is 19.0. The van der Waals surface area contributed by atoms with Crippen LogP contribution in [-0.4, -0.2) is 114 Å².